The van der Waals surface area contributed by atoms with Gasteiger partial charge < -0.3 is 10.1 Å². The summed E-state index contributed by atoms with van der Waals surface area (Å²) in [6.07, 6.45) is 6.39. The van der Waals surface area contributed by atoms with Gasteiger partial charge in [-0.2, -0.15) is 4.98 Å². The van der Waals surface area contributed by atoms with Crippen molar-refractivity contribution in [3.63, 3.8) is 0 Å². The molecule has 3 rings (SSSR count). The molecule has 152 valence electrons. The molecular formula is C19H27N5O3S. The Labute approximate surface area is 168 Å². The Kier molecular flexibility index (Phi) is 6.53. The second-order valence-corrected chi connectivity index (χ2v) is 8.12. The summed E-state index contributed by atoms with van der Waals surface area (Å²) in [5.41, 5.74) is 2.26. The van der Waals surface area contributed by atoms with Crippen LogP contribution >= 0.6 is 11.8 Å². The smallest absolute Gasteiger partial charge is 0.310 e. The highest BCUT2D eigenvalue weighted by atomic mass is 32.2. The van der Waals surface area contributed by atoms with Crippen molar-refractivity contribution < 1.29 is 14.3 Å². The first-order valence-corrected chi connectivity index (χ1v) is 10.8. The number of aryl methyl sites for hydroxylation is 2. The number of rotatable bonds is 6. The average molecular weight is 406 g/mol. The van der Waals surface area contributed by atoms with Gasteiger partial charge in [0.05, 0.1) is 6.42 Å². The summed E-state index contributed by atoms with van der Waals surface area (Å²) in [6, 6.07) is 0.175. The number of thioether (sulfide) groups is 1. The summed E-state index contributed by atoms with van der Waals surface area (Å²) in [5.74, 6) is 0.280. The lowest BCUT2D eigenvalue weighted by molar-refractivity contribution is -0.148. The van der Waals surface area contributed by atoms with Crippen LogP contribution < -0.4 is 5.32 Å². The SMILES string of the molecule is CSc1nc2nc(C)c(CC(=O)OCC(=O)N[C@@H]3CCCC[C@@H]3C)c(C)n2n1. The average Bonchev–Trinajstić information content (AvgIpc) is 3.08. The lowest BCUT2D eigenvalue weighted by atomic mass is 9.86. The van der Waals surface area contributed by atoms with Gasteiger partial charge in [-0.1, -0.05) is 31.5 Å². The first-order chi connectivity index (χ1) is 13.4. The third-order valence-corrected chi connectivity index (χ3v) is 5.89. The molecule has 1 N–H and O–H groups in total. The van der Waals surface area contributed by atoms with Gasteiger partial charge in [0.15, 0.2) is 6.61 Å². The molecule has 1 amide bonds. The molecule has 28 heavy (non-hydrogen) atoms. The summed E-state index contributed by atoms with van der Waals surface area (Å²) in [5, 5.41) is 7.99. The van der Waals surface area contributed by atoms with Crippen molar-refractivity contribution in [2.75, 3.05) is 12.9 Å². The van der Waals surface area contributed by atoms with Crippen molar-refractivity contribution in [3.05, 3.63) is 17.0 Å². The van der Waals surface area contributed by atoms with E-state index >= 15 is 0 Å². The summed E-state index contributed by atoms with van der Waals surface area (Å²) in [7, 11) is 0. The quantitative estimate of drug-likeness (QED) is 0.581. The van der Waals surface area contributed by atoms with Crippen LogP contribution in [0.25, 0.3) is 5.78 Å². The number of carbonyl (C=O) groups excluding carboxylic acids is 2. The van der Waals surface area contributed by atoms with Crippen LogP contribution in [0, 0.1) is 19.8 Å². The van der Waals surface area contributed by atoms with Crippen LogP contribution in [0.3, 0.4) is 0 Å². The molecule has 0 aliphatic heterocycles. The number of hydrogen-bond acceptors (Lipinski definition) is 7. The van der Waals surface area contributed by atoms with E-state index in [2.05, 4.69) is 27.3 Å². The Hall–Kier alpha value is -2.16. The van der Waals surface area contributed by atoms with E-state index in [-0.39, 0.29) is 25.0 Å². The summed E-state index contributed by atoms with van der Waals surface area (Å²) < 4.78 is 6.84. The second kappa shape index (κ2) is 8.89. The van der Waals surface area contributed by atoms with E-state index in [1.165, 1.54) is 18.2 Å². The molecule has 0 radical (unpaired) electrons. The van der Waals surface area contributed by atoms with Gasteiger partial charge in [-0.25, -0.2) is 9.50 Å². The fraction of sp³-hybridized carbons (Fsp3) is 0.632. The Morgan fingerprint density at radius 1 is 1.25 bits per heavy atom. The van der Waals surface area contributed by atoms with Crippen LogP contribution in [0.1, 0.15) is 49.6 Å². The van der Waals surface area contributed by atoms with Crippen molar-refractivity contribution in [3.8, 4) is 0 Å². The monoisotopic (exact) mass is 405 g/mol. The molecule has 9 heteroatoms. The molecule has 2 aromatic rings. The van der Waals surface area contributed by atoms with E-state index in [4.69, 9.17) is 4.74 Å². The number of ether oxygens (including phenoxy) is 1. The van der Waals surface area contributed by atoms with Crippen molar-refractivity contribution in [2.45, 2.75) is 64.1 Å². The van der Waals surface area contributed by atoms with Gasteiger partial charge in [0.25, 0.3) is 11.7 Å². The molecule has 0 spiro atoms. The molecule has 0 saturated heterocycles. The minimum Gasteiger partial charge on any atom is -0.455 e. The number of nitrogens with zero attached hydrogens (tertiary/aromatic N) is 4. The molecular weight excluding hydrogens is 378 g/mol. The van der Waals surface area contributed by atoms with Crippen LogP contribution in [0.5, 0.6) is 0 Å². The molecule has 1 saturated carbocycles. The topological polar surface area (TPSA) is 98.5 Å². The normalized spacial score (nSPS) is 19.6. The third-order valence-electron chi connectivity index (χ3n) is 5.36. The van der Waals surface area contributed by atoms with Crippen LogP contribution in [0.15, 0.2) is 5.16 Å². The zero-order valence-electron chi connectivity index (χ0n) is 16.8. The number of amides is 1. The zero-order valence-corrected chi connectivity index (χ0v) is 17.6. The summed E-state index contributed by atoms with van der Waals surface area (Å²) >= 11 is 1.44. The standard InChI is InChI=1S/C19H27N5O3S/c1-11-7-5-6-8-15(11)21-16(25)10-27-17(26)9-14-12(2)20-18-22-19(28-4)23-24(18)13(14)3/h11,15H,5-10H2,1-4H3,(H,21,25)/t11-,15+/m0/s1. The number of nitrogens with one attached hydrogen (secondary N) is 1. The lowest BCUT2D eigenvalue weighted by Crippen LogP contribution is -2.43. The van der Waals surface area contributed by atoms with E-state index < -0.39 is 5.97 Å². The minimum absolute atomic E-state index is 0.0438. The molecule has 0 bridgehead atoms. The molecule has 2 atom stereocenters. The van der Waals surface area contributed by atoms with Crippen molar-refractivity contribution in [2.24, 2.45) is 5.92 Å². The molecule has 2 heterocycles. The maximum absolute atomic E-state index is 12.3. The van der Waals surface area contributed by atoms with E-state index in [1.54, 1.807) is 4.52 Å². The first kappa shape index (κ1) is 20.6. The molecule has 1 aliphatic carbocycles. The van der Waals surface area contributed by atoms with Gasteiger partial charge >= 0.3 is 5.97 Å². The van der Waals surface area contributed by atoms with Gasteiger partial charge in [-0.15, -0.1) is 5.10 Å². The molecule has 0 aromatic carbocycles. The van der Waals surface area contributed by atoms with Crippen LogP contribution in [-0.4, -0.2) is 50.4 Å². The summed E-state index contributed by atoms with van der Waals surface area (Å²) in [6.45, 7) is 5.60. The highest BCUT2D eigenvalue weighted by Gasteiger charge is 2.23. The van der Waals surface area contributed by atoms with Gasteiger partial charge in [0.2, 0.25) is 5.16 Å². The number of aromatic nitrogens is 4. The number of esters is 1. The van der Waals surface area contributed by atoms with E-state index in [9.17, 15) is 9.59 Å². The van der Waals surface area contributed by atoms with Gasteiger partial charge in [-0.05, 0) is 38.9 Å². The Morgan fingerprint density at radius 2 is 2.00 bits per heavy atom. The highest BCUT2D eigenvalue weighted by molar-refractivity contribution is 7.98. The van der Waals surface area contributed by atoms with Gasteiger partial charge in [-0.3, -0.25) is 9.59 Å². The fourth-order valence-corrected chi connectivity index (χ4v) is 3.99. The van der Waals surface area contributed by atoms with Crippen molar-refractivity contribution in [1.82, 2.24) is 24.9 Å². The molecule has 1 aliphatic rings. The van der Waals surface area contributed by atoms with E-state index in [1.807, 2.05) is 20.1 Å². The molecule has 0 unspecified atom stereocenters. The highest BCUT2D eigenvalue weighted by Crippen LogP contribution is 2.23. The van der Waals surface area contributed by atoms with Crippen molar-refractivity contribution >= 4 is 29.4 Å². The maximum Gasteiger partial charge on any atom is 0.310 e. The third kappa shape index (κ3) is 4.63. The fourth-order valence-electron chi connectivity index (χ4n) is 3.65. The first-order valence-electron chi connectivity index (χ1n) is 9.61. The Morgan fingerprint density at radius 3 is 2.71 bits per heavy atom. The van der Waals surface area contributed by atoms with E-state index in [0.29, 0.717) is 22.5 Å². The molecule has 8 nitrogen and oxygen atoms in total. The zero-order chi connectivity index (χ0) is 20.3. The predicted molar refractivity (Wildman–Crippen MR) is 106 cm³/mol. The van der Waals surface area contributed by atoms with Crippen LogP contribution in [0.2, 0.25) is 0 Å². The largest absolute Gasteiger partial charge is 0.455 e. The lowest BCUT2D eigenvalue weighted by Gasteiger charge is -2.29. The van der Waals surface area contributed by atoms with Crippen molar-refractivity contribution in [1.29, 1.82) is 0 Å². The minimum atomic E-state index is -0.454. The summed E-state index contributed by atoms with van der Waals surface area (Å²) in [4.78, 5) is 33.2. The second-order valence-electron chi connectivity index (χ2n) is 7.34. The van der Waals surface area contributed by atoms with Crippen LogP contribution in [0.4, 0.5) is 0 Å². The van der Waals surface area contributed by atoms with E-state index in [0.717, 1.165) is 30.5 Å². The number of hydrogen-bond donors (Lipinski definition) is 1. The Bertz CT molecular complexity index is 882. The number of carbonyl (C=O) groups is 2. The van der Waals surface area contributed by atoms with Gasteiger partial charge in [0, 0.05) is 23.0 Å². The maximum atomic E-state index is 12.3. The molecule has 1 fully saturated rings. The van der Waals surface area contributed by atoms with Gasteiger partial charge in [0.1, 0.15) is 0 Å². The number of fused-ring (bicyclic) bond motifs is 1. The predicted octanol–water partition coefficient (Wildman–Crippen LogP) is 2.24. The molecule has 2 aromatic heterocycles. The Balaban J connectivity index is 1.59. The van der Waals surface area contributed by atoms with Crippen LogP contribution in [-0.2, 0) is 20.7 Å².